The van der Waals surface area contributed by atoms with Gasteiger partial charge in [0.1, 0.15) is 0 Å². The van der Waals surface area contributed by atoms with Crippen LogP contribution in [0.1, 0.15) is 87.1 Å². The minimum absolute atomic E-state index is 0.0304. The Morgan fingerprint density at radius 2 is 1.77 bits per heavy atom. The maximum Gasteiger partial charge on any atom is 0.249 e. The van der Waals surface area contributed by atoms with E-state index in [9.17, 15) is 9.59 Å². The molecule has 2 amide bonds. The fourth-order valence-electron chi connectivity index (χ4n) is 6.16. The van der Waals surface area contributed by atoms with Gasteiger partial charge in [0.15, 0.2) is 0 Å². The average molecular weight is 556 g/mol. The molecule has 2 rings (SSSR count). The minimum atomic E-state index is -0.353. The van der Waals surface area contributed by atoms with Gasteiger partial charge < -0.3 is 19.9 Å². The van der Waals surface area contributed by atoms with Gasteiger partial charge in [-0.25, -0.2) is 0 Å². The lowest BCUT2D eigenvalue weighted by Gasteiger charge is -2.40. The number of carbonyl (C=O) groups excluding carboxylic acids is 2. The Morgan fingerprint density at radius 3 is 2.30 bits per heavy atom. The van der Waals surface area contributed by atoms with Crippen LogP contribution in [0.4, 0.5) is 0 Å². The van der Waals surface area contributed by atoms with E-state index in [4.69, 9.17) is 4.74 Å². The third kappa shape index (κ3) is 8.42. The summed E-state index contributed by atoms with van der Waals surface area (Å²) in [6.45, 7) is 21.4. The second-order valence-electron chi connectivity index (χ2n) is 13.7. The van der Waals surface area contributed by atoms with Crippen molar-refractivity contribution >= 4 is 11.8 Å². The summed E-state index contributed by atoms with van der Waals surface area (Å²) < 4.78 is 5.35. The second kappa shape index (κ2) is 14.6. The summed E-state index contributed by atoms with van der Waals surface area (Å²) in [6, 6.07) is 10.2. The Morgan fingerprint density at radius 1 is 1.15 bits per heavy atom. The van der Waals surface area contributed by atoms with Gasteiger partial charge in [-0.2, -0.15) is 0 Å². The molecule has 40 heavy (non-hydrogen) atoms. The summed E-state index contributed by atoms with van der Waals surface area (Å²) in [6.07, 6.45) is 4.98. The minimum Gasteiger partial charge on any atom is -0.383 e. The van der Waals surface area contributed by atoms with E-state index in [1.807, 2.05) is 29.8 Å². The van der Waals surface area contributed by atoms with Gasteiger partial charge in [0, 0.05) is 26.3 Å². The van der Waals surface area contributed by atoms with Crippen LogP contribution in [0.25, 0.3) is 0 Å². The Labute approximate surface area is 244 Å². The monoisotopic (exact) mass is 555 g/mol. The second-order valence-corrected chi connectivity index (χ2v) is 13.7. The van der Waals surface area contributed by atoms with Crippen molar-refractivity contribution in [2.24, 2.45) is 17.3 Å². The van der Waals surface area contributed by atoms with Crippen LogP contribution in [0.3, 0.4) is 0 Å². The number of nitrogens with zero attached hydrogens (tertiary/aromatic N) is 2. The van der Waals surface area contributed by atoms with E-state index in [1.54, 1.807) is 7.11 Å². The van der Waals surface area contributed by atoms with Crippen LogP contribution in [0.5, 0.6) is 0 Å². The molecule has 0 aliphatic carbocycles. The number of methoxy groups -OCH3 is 1. The molecule has 1 N–H and O–H groups in total. The van der Waals surface area contributed by atoms with Crippen molar-refractivity contribution in [1.29, 1.82) is 0 Å². The van der Waals surface area contributed by atoms with E-state index in [0.717, 1.165) is 32.4 Å². The normalized spacial score (nSPS) is 19.1. The van der Waals surface area contributed by atoms with Crippen LogP contribution in [-0.4, -0.2) is 73.6 Å². The van der Waals surface area contributed by atoms with Crippen molar-refractivity contribution in [2.75, 3.05) is 33.9 Å². The van der Waals surface area contributed by atoms with Gasteiger partial charge in [0.05, 0.1) is 24.7 Å². The van der Waals surface area contributed by atoms with Gasteiger partial charge in [0.25, 0.3) is 0 Å². The molecule has 1 fully saturated rings. The molecule has 1 saturated heterocycles. The van der Waals surface area contributed by atoms with Crippen molar-refractivity contribution < 1.29 is 14.3 Å². The molecule has 6 nitrogen and oxygen atoms in total. The third-order valence-electron chi connectivity index (χ3n) is 8.95. The molecular weight excluding hydrogens is 498 g/mol. The maximum absolute atomic E-state index is 14.1. The quantitative estimate of drug-likeness (QED) is 0.301. The van der Waals surface area contributed by atoms with Crippen LogP contribution in [-0.2, 0) is 19.7 Å². The predicted octanol–water partition coefficient (Wildman–Crippen LogP) is 6.06. The highest BCUT2D eigenvalue weighted by Gasteiger charge is 2.38. The first-order valence-corrected chi connectivity index (χ1v) is 15.2. The number of carbonyl (C=O) groups is 2. The smallest absolute Gasteiger partial charge is 0.249 e. The van der Waals surface area contributed by atoms with Crippen LogP contribution in [0.2, 0.25) is 0 Å². The number of hydrogen-bond donors (Lipinski definition) is 1. The molecule has 0 radical (unpaired) electrons. The first-order valence-electron chi connectivity index (χ1n) is 15.2. The summed E-state index contributed by atoms with van der Waals surface area (Å²) in [5.74, 6) is 0.629. The van der Waals surface area contributed by atoms with E-state index in [0.29, 0.717) is 18.1 Å². The highest BCUT2D eigenvalue weighted by Crippen LogP contribution is 2.34. The molecule has 1 heterocycles. The van der Waals surface area contributed by atoms with Crippen molar-refractivity contribution in [1.82, 2.24) is 15.1 Å². The summed E-state index contributed by atoms with van der Waals surface area (Å²) >= 11 is 0. The Hall–Kier alpha value is -2.18. The molecule has 1 aliphatic heterocycles. The fourth-order valence-corrected chi connectivity index (χ4v) is 6.16. The summed E-state index contributed by atoms with van der Waals surface area (Å²) in [5.41, 5.74) is 1.70. The zero-order chi connectivity index (χ0) is 30.3. The fraction of sp³-hybridized carbons (Fsp3) is 0.706. The van der Waals surface area contributed by atoms with Gasteiger partial charge in [-0.1, -0.05) is 98.2 Å². The molecule has 0 unspecified atom stereocenters. The highest BCUT2D eigenvalue weighted by atomic mass is 16.5. The number of likely N-dealkylation sites (tertiary alicyclic amines) is 1. The van der Waals surface area contributed by atoms with Gasteiger partial charge in [0.2, 0.25) is 11.8 Å². The molecule has 6 heteroatoms. The van der Waals surface area contributed by atoms with Gasteiger partial charge in [-0.3, -0.25) is 9.59 Å². The lowest BCUT2D eigenvalue weighted by atomic mass is 9.72. The van der Waals surface area contributed by atoms with Crippen LogP contribution < -0.4 is 5.32 Å². The molecule has 0 saturated carbocycles. The molecule has 226 valence electrons. The lowest BCUT2D eigenvalue weighted by Crippen LogP contribution is -2.56. The van der Waals surface area contributed by atoms with E-state index in [-0.39, 0.29) is 46.7 Å². The molecule has 0 bridgehead atoms. The summed E-state index contributed by atoms with van der Waals surface area (Å²) in [4.78, 5) is 31.3. The van der Waals surface area contributed by atoms with Gasteiger partial charge in [-0.15, -0.1) is 0 Å². The van der Waals surface area contributed by atoms with Crippen molar-refractivity contribution in [3.63, 3.8) is 0 Å². The van der Waals surface area contributed by atoms with Crippen LogP contribution >= 0.6 is 0 Å². The number of amides is 2. The van der Waals surface area contributed by atoms with Crippen LogP contribution in [0, 0.1) is 17.3 Å². The summed E-state index contributed by atoms with van der Waals surface area (Å²) in [5, 5.41) is 3.70. The molecule has 1 aromatic rings. The van der Waals surface area contributed by atoms with E-state index in [1.165, 1.54) is 5.56 Å². The van der Waals surface area contributed by atoms with E-state index >= 15 is 0 Å². The third-order valence-corrected chi connectivity index (χ3v) is 8.95. The maximum atomic E-state index is 14.1. The van der Waals surface area contributed by atoms with E-state index in [2.05, 4.69) is 91.0 Å². The largest absolute Gasteiger partial charge is 0.383 e. The van der Waals surface area contributed by atoms with Crippen molar-refractivity contribution in [3.8, 4) is 0 Å². The molecule has 1 aromatic carbocycles. The number of likely N-dealkylation sites (N-methyl/N-ethyl adjacent to an activating group) is 1. The zero-order valence-corrected chi connectivity index (χ0v) is 27.2. The van der Waals surface area contributed by atoms with Gasteiger partial charge >= 0.3 is 0 Å². The lowest BCUT2D eigenvalue weighted by molar-refractivity contribution is -0.137. The molecule has 0 aromatic heterocycles. The molecule has 1 aliphatic rings. The van der Waals surface area contributed by atoms with Crippen molar-refractivity contribution in [2.45, 2.75) is 105 Å². The molecular formula is C34H57N3O3. The SMILES string of the molecule is CC[C@H](CN[C@H](C(=O)N(C)[C@H](/C=C(\C)C(=O)N1CCC[C@H]1COC)C(C)C)C(C)(C)C)C(C)(C)c1ccccc1. The van der Waals surface area contributed by atoms with Gasteiger partial charge in [-0.05, 0) is 54.5 Å². The zero-order valence-electron chi connectivity index (χ0n) is 27.2. The topological polar surface area (TPSA) is 61.9 Å². The standard InChI is InChI=1S/C34H57N3O3/c1-12-26(34(8,9)27-17-14-13-15-18-27)22-35-30(33(5,6)7)32(39)36(10)29(24(2)3)21-25(4)31(38)37-20-16-19-28(37)23-40-11/h13-15,17-18,21,24,26,28-30,35H,12,16,19-20,22-23H2,1-11H3/b25-21+/t26-,28+,29-,30-/m1/s1. The number of hydrogen-bond acceptors (Lipinski definition) is 4. The van der Waals surface area contributed by atoms with E-state index < -0.39 is 0 Å². The van der Waals surface area contributed by atoms with Crippen molar-refractivity contribution in [3.05, 3.63) is 47.5 Å². The molecule has 0 spiro atoms. The predicted molar refractivity (Wildman–Crippen MR) is 166 cm³/mol. The summed E-state index contributed by atoms with van der Waals surface area (Å²) in [7, 11) is 3.57. The number of nitrogens with one attached hydrogen (secondary N) is 1. The first kappa shape index (κ1) is 34.0. The number of benzene rings is 1. The average Bonchev–Trinajstić information content (AvgIpc) is 3.36. The Bertz CT molecular complexity index is 980. The Balaban J connectivity index is 2.25. The number of rotatable bonds is 13. The first-order chi connectivity index (χ1) is 18.7. The molecule has 4 atom stereocenters. The Kier molecular flexibility index (Phi) is 12.4. The van der Waals surface area contributed by atoms with Crippen LogP contribution in [0.15, 0.2) is 42.0 Å². The highest BCUT2D eigenvalue weighted by molar-refractivity contribution is 5.93. The number of ether oxygens (including phenoxy) is 1.